The summed E-state index contributed by atoms with van der Waals surface area (Å²) in [7, 11) is 1.60. The third kappa shape index (κ3) is 4.68. The molecule has 1 aromatic rings. The average molecular weight is 272 g/mol. The van der Waals surface area contributed by atoms with E-state index in [0.717, 1.165) is 12.5 Å². The lowest BCUT2D eigenvalue weighted by atomic mass is 10.4. The molecule has 1 N–H and O–H groups in total. The van der Waals surface area contributed by atoms with E-state index in [1.165, 1.54) is 10.8 Å². The van der Waals surface area contributed by atoms with Crippen LogP contribution in [0, 0.1) is 10.1 Å². The zero-order chi connectivity index (χ0) is 14.3. The van der Waals surface area contributed by atoms with E-state index in [-0.39, 0.29) is 24.5 Å². The molecule has 8 nitrogen and oxygen atoms in total. The molecule has 0 radical (unpaired) electrons. The third-order valence-electron chi connectivity index (χ3n) is 2.43. The number of hydrogen-bond donors (Lipinski definition) is 1. The number of aromatic nitrogens is 1. The highest BCUT2D eigenvalue weighted by Gasteiger charge is 2.18. The van der Waals surface area contributed by atoms with Crippen molar-refractivity contribution in [1.82, 2.24) is 4.57 Å². The van der Waals surface area contributed by atoms with Crippen LogP contribution < -0.4 is 0 Å². The number of rotatable bonds is 9. The van der Waals surface area contributed by atoms with Crippen molar-refractivity contribution in [3.8, 4) is 0 Å². The fraction of sp³-hybridized carbons (Fsp3) is 0.545. The van der Waals surface area contributed by atoms with Crippen molar-refractivity contribution in [2.75, 3.05) is 26.9 Å². The molecule has 0 saturated carbocycles. The normalized spacial score (nSPS) is 10.6. The fourth-order valence-electron chi connectivity index (χ4n) is 1.53. The van der Waals surface area contributed by atoms with Crippen molar-refractivity contribution in [1.29, 1.82) is 0 Å². The van der Waals surface area contributed by atoms with E-state index < -0.39 is 10.9 Å². The molecule has 19 heavy (non-hydrogen) atoms. The van der Waals surface area contributed by atoms with Gasteiger partial charge < -0.3 is 19.1 Å². The van der Waals surface area contributed by atoms with Gasteiger partial charge in [0.1, 0.15) is 5.69 Å². The Balaban J connectivity index is 2.52. The lowest BCUT2D eigenvalue weighted by Gasteiger charge is -2.06. The van der Waals surface area contributed by atoms with E-state index in [2.05, 4.69) is 0 Å². The number of methoxy groups -OCH3 is 1. The maximum absolute atomic E-state index is 10.9. The molecular formula is C11H16N2O6. The van der Waals surface area contributed by atoms with Crippen molar-refractivity contribution in [2.45, 2.75) is 13.0 Å². The second-order valence-electron chi connectivity index (χ2n) is 3.80. The smallest absolute Gasteiger partial charge is 0.352 e. The van der Waals surface area contributed by atoms with Crippen LogP contribution in [0.2, 0.25) is 0 Å². The van der Waals surface area contributed by atoms with Crippen molar-refractivity contribution >= 4 is 11.7 Å². The second kappa shape index (κ2) is 7.49. The summed E-state index contributed by atoms with van der Waals surface area (Å²) >= 11 is 0. The van der Waals surface area contributed by atoms with Gasteiger partial charge in [0, 0.05) is 32.9 Å². The van der Waals surface area contributed by atoms with Gasteiger partial charge in [0.05, 0.1) is 17.7 Å². The summed E-state index contributed by atoms with van der Waals surface area (Å²) in [4.78, 5) is 20.9. The third-order valence-corrected chi connectivity index (χ3v) is 2.43. The van der Waals surface area contributed by atoms with Gasteiger partial charge in [-0.2, -0.15) is 0 Å². The van der Waals surface area contributed by atoms with Gasteiger partial charge in [-0.25, -0.2) is 4.79 Å². The highest BCUT2D eigenvalue weighted by Crippen LogP contribution is 2.16. The minimum absolute atomic E-state index is 0.118. The summed E-state index contributed by atoms with van der Waals surface area (Å²) in [5, 5.41) is 19.5. The summed E-state index contributed by atoms with van der Waals surface area (Å²) in [6.45, 7) is 1.63. The molecule has 106 valence electrons. The lowest BCUT2D eigenvalue weighted by Crippen LogP contribution is -2.12. The maximum atomic E-state index is 10.9. The molecule has 0 unspecified atom stereocenters. The first-order valence-electron chi connectivity index (χ1n) is 5.70. The zero-order valence-corrected chi connectivity index (χ0v) is 10.6. The summed E-state index contributed by atoms with van der Waals surface area (Å²) in [6, 6.07) is 1.03. The fourth-order valence-corrected chi connectivity index (χ4v) is 1.53. The number of hydrogen-bond acceptors (Lipinski definition) is 5. The monoisotopic (exact) mass is 272 g/mol. The minimum atomic E-state index is -1.20. The average Bonchev–Trinajstić information content (AvgIpc) is 2.78. The van der Waals surface area contributed by atoms with Gasteiger partial charge >= 0.3 is 5.97 Å². The highest BCUT2D eigenvalue weighted by atomic mass is 16.6. The Morgan fingerprint density at radius 2 is 2.21 bits per heavy atom. The molecule has 0 aromatic carbocycles. The molecule has 0 aliphatic carbocycles. The summed E-state index contributed by atoms with van der Waals surface area (Å²) in [6.07, 6.45) is 1.94. The lowest BCUT2D eigenvalue weighted by molar-refractivity contribution is -0.384. The molecule has 0 saturated heterocycles. The van der Waals surface area contributed by atoms with Crippen LogP contribution in [0.4, 0.5) is 5.69 Å². The predicted octanol–water partition coefficient (Wildman–Crippen LogP) is 1.15. The van der Waals surface area contributed by atoms with Gasteiger partial charge in [0.2, 0.25) is 0 Å². The van der Waals surface area contributed by atoms with Crippen LogP contribution >= 0.6 is 0 Å². The molecule has 0 aliphatic rings. The minimum Gasteiger partial charge on any atom is -0.477 e. The number of nitro groups is 1. The van der Waals surface area contributed by atoms with E-state index in [4.69, 9.17) is 14.6 Å². The molecule has 0 fully saturated rings. The van der Waals surface area contributed by atoms with Gasteiger partial charge in [0.25, 0.3) is 5.69 Å². The van der Waals surface area contributed by atoms with Gasteiger partial charge in [-0.05, 0) is 6.42 Å². The van der Waals surface area contributed by atoms with Crippen LogP contribution in [0.15, 0.2) is 12.3 Å². The standard InChI is InChI=1S/C11H16N2O6/c1-18-4-2-5-19-6-3-12-8-9(13(16)17)7-10(12)11(14)15/h7-8H,2-6H2,1H3,(H,14,15). The Morgan fingerprint density at radius 3 is 2.79 bits per heavy atom. The predicted molar refractivity (Wildman–Crippen MR) is 65.4 cm³/mol. The van der Waals surface area contributed by atoms with Crippen LogP contribution in [0.25, 0.3) is 0 Å². The molecule has 0 bridgehead atoms. The number of carboxylic acid groups (broad SMARTS) is 1. The molecule has 1 rings (SSSR count). The quantitative estimate of drug-likeness (QED) is 0.411. The van der Waals surface area contributed by atoms with E-state index in [1.807, 2.05) is 0 Å². The number of carbonyl (C=O) groups is 1. The molecule has 0 atom stereocenters. The van der Waals surface area contributed by atoms with E-state index >= 15 is 0 Å². The molecule has 0 spiro atoms. The van der Waals surface area contributed by atoms with Crippen molar-refractivity contribution in [2.24, 2.45) is 0 Å². The van der Waals surface area contributed by atoms with Crippen LogP contribution in [0.1, 0.15) is 16.9 Å². The van der Waals surface area contributed by atoms with Crippen LogP contribution in [-0.4, -0.2) is 47.5 Å². The van der Waals surface area contributed by atoms with Gasteiger partial charge in [0.15, 0.2) is 0 Å². The van der Waals surface area contributed by atoms with Gasteiger partial charge in [-0.15, -0.1) is 0 Å². The largest absolute Gasteiger partial charge is 0.477 e. The Bertz CT molecular complexity index is 442. The Kier molecular flexibility index (Phi) is 5.97. The SMILES string of the molecule is COCCCOCCn1cc([N+](=O)[O-])cc1C(=O)O. The Morgan fingerprint density at radius 1 is 1.47 bits per heavy atom. The highest BCUT2D eigenvalue weighted by molar-refractivity contribution is 5.86. The number of aromatic carboxylic acids is 1. The number of carboxylic acids is 1. The van der Waals surface area contributed by atoms with Crippen molar-refractivity contribution in [3.63, 3.8) is 0 Å². The molecule has 0 aliphatic heterocycles. The van der Waals surface area contributed by atoms with Crippen LogP contribution in [0.5, 0.6) is 0 Å². The molecule has 0 amide bonds. The first-order chi connectivity index (χ1) is 9.06. The topological polar surface area (TPSA) is 104 Å². The second-order valence-corrected chi connectivity index (χ2v) is 3.80. The first-order valence-corrected chi connectivity index (χ1v) is 5.70. The van der Waals surface area contributed by atoms with Crippen molar-refractivity contribution < 1.29 is 24.3 Å². The van der Waals surface area contributed by atoms with Gasteiger partial charge in [-0.3, -0.25) is 10.1 Å². The maximum Gasteiger partial charge on any atom is 0.352 e. The number of nitrogens with zero attached hydrogens (tertiary/aromatic N) is 2. The molecule has 1 aromatic heterocycles. The molecule has 1 heterocycles. The molecular weight excluding hydrogens is 256 g/mol. The number of ether oxygens (including phenoxy) is 2. The summed E-state index contributed by atoms with van der Waals surface area (Å²) in [5.41, 5.74) is -0.357. The Labute approximate surface area is 109 Å². The van der Waals surface area contributed by atoms with Gasteiger partial charge in [-0.1, -0.05) is 0 Å². The summed E-state index contributed by atoms with van der Waals surface area (Å²) < 4.78 is 11.4. The van der Waals surface area contributed by atoms with E-state index in [1.54, 1.807) is 7.11 Å². The van der Waals surface area contributed by atoms with Crippen LogP contribution in [0.3, 0.4) is 0 Å². The molecule has 8 heteroatoms. The van der Waals surface area contributed by atoms with Crippen molar-refractivity contribution in [3.05, 3.63) is 28.1 Å². The van der Waals surface area contributed by atoms with E-state index in [0.29, 0.717) is 13.2 Å². The first kappa shape index (κ1) is 15.1. The Hall–Kier alpha value is -1.93. The van der Waals surface area contributed by atoms with E-state index in [9.17, 15) is 14.9 Å². The zero-order valence-electron chi connectivity index (χ0n) is 10.6. The summed E-state index contributed by atoms with van der Waals surface area (Å²) in [5.74, 6) is -1.20. The van der Waals surface area contributed by atoms with Crippen LogP contribution in [-0.2, 0) is 16.0 Å².